The van der Waals surface area contributed by atoms with E-state index in [1.165, 1.54) is 24.2 Å². The zero-order chi connectivity index (χ0) is 21.1. The van der Waals surface area contributed by atoms with Crippen molar-refractivity contribution in [3.63, 3.8) is 0 Å². The number of anilines is 1. The third-order valence-corrected chi connectivity index (χ3v) is 4.94. The molecule has 2 heterocycles. The number of urea groups is 2. The molecule has 2 atom stereocenters. The standard InChI is InChI=1S/C20H19ClN4O4/c1-3-24(15-7-9-22-10-8-15)20(29)25-17(13-5-4-6-14(21)11-13)16(18(26)27)12(2)23-19(25)28/h4-11,16-17H,3H2,1-2H3,(H,26,27). The minimum absolute atomic E-state index is 0.128. The molecule has 2 unspecified atom stereocenters. The molecule has 1 aromatic carbocycles. The maximum Gasteiger partial charge on any atom is 0.352 e. The monoisotopic (exact) mass is 414 g/mol. The molecule has 2 aromatic rings. The average molecular weight is 415 g/mol. The number of pyridine rings is 1. The van der Waals surface area contributed by atoms with Gasteiger partial charge >= 0.3 is 18.0 Å². The van der Waals surface area contributed by atoms with Crippen LogP contribution in [0.4, 0.5) is 15.3 Å². The van der Waals surface area contributed by atoms with Crippen molar-refractivity contribution in [3.05, 3.63) is 59.4 Å². The SMILES string of the molecule is CCN(C(=O)N1C(=O)N=C(C)C(C(=O)O)C1c1cccc(Cl)c1)c1ccncc1. The van der Waals surface area contributed by atoms with E-state index < -0.39 is 30.0 Å². The Bertz CT molecular complexity index is 979. The van der Waals surface area contributed by atoms with Crippen LogP contribution in [0.3, 0.4) is 0 Å². The topological polar surface area (TPSA) is 103 Å². The first-order valence-corrected chi connectivity index (χ1v) is 9.31. The minimum atomic E-state index is -1.19. The van der Waals surface area contributed by atoms with E-state index in [1.54, 1.807) is 43.3 Å². The Hall–Kier alpha value is -3.26. The van der Waals surface area contributed by atoms with Crippen molar-refractivity contribution >= 4 is 41.0 Å². The van der Waals surface area contributed by atoms with E-state index in [9.17, 15) is 19.5 Å². The number of aliphatic carboxylic acids is 1. The first-order chi connectivity index (χ1) is 13.8. The van der Waals surface area contributed by atoms with E-state index in [2.05, 4.69) is 9.98 Å². The minimum Gasteiger partial charge on any atom is -0.481 e. The van der Waals surface area contributed by atoms with Gasteiger partial charge in [0.1, 0.15) is 5.92 Å². The molecule has 1 aliphatic rings. The quantitative estimate of drug-likeness (QED) is 0.813. The summed E-state index contributed by atoms with van der Waals surface area (Å²) in [6.45, 7) is 3.48. The number of nitrogens with zero attached hydrogens (tertiary/aromatic N) is 4. The number of imide groups is 1. The summed E-state index contributed by atoms with van der Waals surface area (Å²) < 4.78 is 0. The molecule has 0 saturated heterocycles. The highest BCUT2D eigenvalue weighted by Gasteiger charge is 2.46. The van der Waals surface area contributed by atoms with Gasteiger partial charge in [0.15, 0.2) is 0 Å². The number of hydrogen-bond acceptors (Lipinski definition) is 4. The summed E-state index contributed by atoms with van der Waals surface area (Å²) in [6.07, 6.45) is 3.06. The third-order valence-electron chi connectivity index (χ3n) is 4.71. The number of aliphatic imine (C=N–C) groups is 1. The number of aromatic nitrogens is 1. The number of hydrogen-bond donors (Lipinski definition) is 1. The number of benzene rings is 1. The summed E-state index contributed by atoms with van der Waals surface area (Å²) in [7, 11) is 0. The Morgan fingerprint density at radius 2 is 1.93 bits per heavy atom. The second-order valence-electron chi connectivity index (χ2n) is 6.45. The summed E-state index contributed by atoms with van der Waals surface area (Å²) in [4.78, 5) is 48.2. The largest absolute Gasteiger partial charge is 0.481 e. The molecular formula is C20H19ClN4O4. The number of carboxylic acid groups (broad SMARTS) is 1. The van der Waals surface area contributed by atoms with Crippen LogP contribution in [0.15, 0.2) is 53.8 Å². The van der Waals surface area contributed by atoms with Gasteiger partial charge in [0.05, 0.1) is 6.04 Å². The molecule has 150 valence electrons. The van der Waals surface area contributed by atoms with Gasteiger partial charge in [0, 0.05) is 35.4 Å². The second kappa shape index (κ2) is 8.40. The highest BCUT2D eigenvalue weighted by atomic mass is 35.5. The summed E-state index contributed by atoms with van der Waals surface area (Å²) in [5, 5.41) is 10.2. The van der Waals surface area contributed by atoms with Crippen LogP contribution in [0.25, 0.3) is 0 Å². The molecule has 9 heteroatoms. The fourth-order valence-corrected chi connectivity index (χ4v) is 3.60. The molecule has 1 aliphatic heterocycles. The van der Waals surface area contributed by atoms with Crippen LogP contribution >= 0.6 is 11.6 Å². The van der Waals surface area contributed by atoms with Gasteiger partial charge in [-0.15, -0.1) is 0 Å². The van der Waals surface area contributed by atoms with Gasteiger partial charge < -0.3 is 5.11 Å². The van der Waals surface area contributed by atoms with E-state index >= 15 is 0 Å². The lowest BCUT2D eigenvalue weighted by Gasteiger charge is -2.38. The molecule has 1 N–H and O–H groups in total. The molecule has 29 heavy (non-hydrogen) atoms. The van der Waals surface area contributed by atoms with E-state index in [0.29, 0.717) is 16.3 Å². The maximum absolute atomic E-state index is 13.4. The van der Waals surface area contributed by atoms with Gasteiger partial charge in [-0.25, -0.2) is 19.5 Å². The Kier molecular flexibility index (Phi) is 5.93. The zero-order valence-electron chi connectivity index (χ0n) is 15.8. The van der Waals surface area contributed by atoms with E-state index in [4.69, 9.17) is 11.6 Å². The molecule has 0 fully saturated rings. The highest BCUT2D eigenvalue weighted by molar-refractivity contribution is 6.30. The molecule has 0 radical (unpaired) electrons. The van der Waals surface area contributed by atoms with Gasteiger partial charge in [-0.2, -0.15) is 0 Å². The summed E-state index contributed by atoms with van der Waals surface area (Å²) in [5.41, 5.74) is 1.10. The van der Waals surface area contributed by atoms with E-state index in [1.807, 2.05) is 0 Å². The van der Waals surface area contributed by atoms with E-state index in [-0.39, 0.29) is 12.3 Å². The highest BCUT2D eigenvalue weighted by Crippen LogP contribution is 2.36. The summed E-state index contributed by atoms with van der Waals surface area (Å²) in [6, 6.07) is 7.16. The van der Waals surface area contributed by atoms with Crippen LogP contribution in [0.5, 0.6) is 0 Å². The van der Waals surface area contributed by atoms with Crippen LogP contribution in [0, 0.1) is 5.92 Å². The van der Waals surface area contributed by atoms with Crippen LogP contribution in [0.2, 0.25) is 5.02 Å². The lowest BCUT2D eigenvalue weighted by atomic mass is 9.87. The Morgan fingerprint density at radius 3 is 2.52 bits per heavy atom. The number of carbonyl (C=O) groups is 3. The molecule has 1 aromatic heterocycles. The molecular weight excluding hydrogens is 396 g/mol. The van der Waals surface area contributed by atoms with Crippen molar-refractivity contribution in [3.8, 4) is 0 Å². The molecule has 4 amide bonds. The van der Waals surface area contributed by atoms with E-state index in [0.717, 1.165) is 4.90 Å². The number of carboxylic acids is 1. The fraction of sp³-hybridized carbons (Fsp3) is 0.250. The normalized spacial score (nSPS) is 18.9. The van der Waals surface area contributed by atoms with Gasteiger partial charge in [-0.3, -0.25) is 14.7 Å². The zero-order valence-corrected chi connectivity index (χ0v) is 16.6. The number of amides is 4. The van der Waals surface area contributed by atoms with Crippen molar-refractivity contribution < 1.29 is 19.5 Å². The van der Waals surface area contributed by atoms with Gasteiger partial charge in [-0.1, -0.05) is 23.7 Å². The summed E-state index contributed by atoms with van der Waals surface area (Å²) >= 11 is 6.09. The Balaban J connectivity index is 2.13. The lowest BCUT2D eigenvalue weighted by Crippen LogP contribution is -2.53. The molecule has 0 saturated carbocycles. The van der Waals surface area contributed by atoms with Crippen LogP contribution in [-0.4, -0.2) is 45.3 Å². The van der Waals surface area contributed by atoms with Crippen molar-refractivity contribution in [1.29, 1.82) is 0 Å². The first-order valence-electron chi connectivity index (χ1n) is 8.93. The fourth-order valence-electron chi connectivity index (χ4n) is 3.40. The van der Waals surface area contributed by atoms with Gasteiger partial charge in [-0.05, 0) is 43.7 Å². The van der Waals surface area contributed by atoms with Crippen molar-refractivity contribution in [2.75, 3.05) is 11.4 Å². The number of carbonyl (C=O) groups excluding carboxylic acids is 2. The van der Waals surface area contributed by atoms with Gasteiger partial charge in [0.25, 0.3) is 0 Å². The number of rotatable bonds is 4. The predicted molar refractivity (Wildman–Crippen MR) is 108 cm³/mol. The average Bonchev–Trinajstić information content (AvgIpc) is 2.68. The van der Waals surface area contributed by atoms with Crippen molar-refractivity contribution in [2.45, 2.75) is 19.9 Å². The van der Waals surface area contributed by atoms with Crippen molar-refractivity contribution in [2.24, 2.45) is 10.9 Å². The first kappa shape index (κ1) is 20.5. The van der Waals surface area contributed by atoms with Crippen molar-refractivity contribution in [1.82, 2.24) is 9.88 Å². The second-order valence-corrected chi connectivity index (χ2v) is 6.89. The van der Waals surface area contributed by atoms with Crippen LogP contribution in [-0.2, 0) is 4.79 Å². The predicted octanol–water partition coefficient (Wildman–Crippen LogP) is 4.02. The lowest BCUT2D eigenvalue weighted by molar-refractivity contribution is -0.140. The smallest absolute Gasteiger partial charge is 0.352 e. The Labute approximate surface area is 172 Å². The summed E-state index contributed by atoms with van der Waals surface area (Å²) in [5.74, 6) is -2.38. The number of halogens is 1. The third kappa shape index (κ3) is 3.97. The molecule has 0 bridgehead atoms. The van der Waals surface area contributed by atoms with Crippen LogP contribution < -0.4 is 4.90 Å². The Morgan fingerprint density at radius 1 is 1.24 bits per heavy atom. The molecule has 0 aliphatic carbocycles. The molecule has 0 spiro atoms. The molecule has 3 rings (SSSR count). The van der Waals surface area contributed by atoms with Gasteiger partial charge in [0.2, 0.25) is 0 Å². The van der Waals surface area contributed by atoms with Crippen LogP contribution in [0.1, 0.15) is 25.5 Å². The maximum atomic E-state index is 13.4. The molecule has 8 nitrogen and oxygen atoms in total.